The van der Waals surface area contributed by atoms with Crippen molar-refractivity contribution in [2.75, 3.05) is 19.6 Å². The lowest BCUT2D eigenvalue weighted by Gasteiger charge is -2.40. The van der Waals surface area contributed by atoms with E-state index in [1.807, 2.05) is 10.6 Å². The zero-order chi connectivity index (χ0) is 16.7. The maximum absolute atomic E-state index is 12.5. The van der Waals surface area contributed by atoms with E-state index >= 15 is 0 Å². The molecule has 4 nitrogen and oxygen atoms in total. The predicted octanol–water partition coefficient (Wildman–Crippen LogP) is 1.39. The van der Waals surface area contributed by atoms with Crippen molar-refractivity contribution in [2.45, 2.75) is 18.9 Å². The Morgan fingerprint density at radius 2 is 1.96 bits per heavy atom. The average Bonchev–Trinajstić information content (AvgIpc) is 2.56. The number of carbonyl (C=O) groups excluding carboxylic acids is 1. The van der Waals surface area contributed by atoms with Crippen LogP contribution in [0.5, 0.6) is 0 Å². The van der Waals surface area contributed by atoms with Gasteiger partial charge in [0.25, 0.3) is 5.56 Å². The van der Waals surface area contributed by atoms with E-state index in [2.05, 4.69) is 6.07 Å². The summed E-state index contributed by atoms with van der Waals surface area (Å²) in [5.41, 5.74) is 1.96. The molecule has 0 amide bonds. The topological polar surface area (TPSA) is 43.5 Å². The fourth-order valence-corrected chi connectivity index (χ4v) is 4.35. The van der Waals surface area contributed by atoms with E-state index in [-0.39, 0.29) is 11.3 Å². The van der Waals surface area contributed by atoms with Gasteiger partial charge in [-0.1, -0.05) is 17.7 Å². The molecule has 2 bridgehead atoms. The number of ketones is 1. The number of nitrogens with zero attached hydrogens (tertiary/aromatic N) is 1. The van der Waals surface area contributed by atoms with E-state index in [1.54, 1.807) is 30.3 Å². The van der Waals surface area contributed by atoms with Crippen molar-refractivity contribution in [3.63, 3.8) is 0 Å². The molecule has 5 heteroatoms. The van der Waals surface area contributed by atoms with E-state index in [0.29, 0.717) is 23.4 Å². The van der Waals surface area contributed by atoms with E-state index in [1.165, 1.54) is 4.90 Å². The first-order valence-electron chi connectivity index (χ1n) is 8.42. The Bertz CT molecular complexity index is 828. The summed E-state index contributed by atoms with van der Waals surface area (Å²) in [7, 11) is 0. The average molecular weight is 344 g/mol. The SMILES string of the molecule is O=C(C[NH+]1C[C@H]2C[C@@H](C1)c1cccc(=O)n1C2)c1ccc(Cl)cc1. The highest BCUT2D eigenvalue weighted by Gasteiger charge is 2.37. The molecule has 0 saturated carbocycles. The minimum atomic E-state index is 0.0999. The van der Waals surface area contributed by atoms with Crippen molar-refractivity contribution in [2.24, 2.45) is 5.92 Å². The predicted molar refractivity (Wildman–Crippen MR) is 92.9 cm³/mol. The summed E-state index contributed by atoms with van der Waals surface area (Å²) in [4.78, 5) is 25.9. The van der Waals surface area contributed by atoms with Crippen LogP contribution in [-0.2, 0) is 6.54 Å². The van der Waals surface area contributed by atoms with Gasteiger partial charge in [-0.05, 0) is 36.8 Å². The number of hydrogen-bond donors (Lipinski definition) is 1. The van der Waals surface area contributed by atoms with Gasteiger partial charge in [0.05, 0.1) is 13.1 Å². The van der Waals surface area contributed by atoms with Crippen LogP contribution in [0.4, 0.5) is 0 Å². The third kappa shape index (κ3) is 2.92. The first-order valence-corrected chi connectivity index (χ1v) is 8.80. The lowest BCUT2D eigenvalue weighted by atomic mass is 9.83. The van der Waals surface area contributed by atoms with Gasteiger partial charge in [-0.3, -0.25) is 9.59 Å². The Kier molecular flexibility index (Phi) is 4.02. The van der Waals surface area contributed by atoms with Crippen molar-refractivity contribution in [3.8, 4) is 0 Å². The number of pyridine rings is 1. The Balaban J connectivity index is 1.51. The van der Waals surface area contributed by atoms with Crippen LogP contribution >= 0.6 is 11.6 Å². The number of Topliss-reactive ketones (excluding diaryl/α,β-unsaturated/α-hetero) is 1. The maximum Gasteiger partial charge on any atom is 0.250 e. The standard InChI is InChI=1S/C19H19ClN2O2/c20-16-6-4-14(5-7-16)18(23)12-21-9-13-8-15(11-21)17-2-1-3-19(24)22(17)10-13/h1-7,13,15H,8-12H2/p+1/t13-,15+/m1/s1. The first kappa shape index (κ1) is 15.6. The molecular weight excluding hydrogens is 324 g/mol. The summed E-state index contributed by atoms with van der Waals surface area (Å²) in [5.74, 6) is 1.01. The van der Waals surface area contributed by atoms with Crippen LogP contribution in [0, 0.1) is 5.92 Å². The molecule has 4 rings (SSSR count). The minimum absolute atomic E-state index is 0.0999. The van der Waals surface area contributed by atoms with Crippen molar-refractivity contribution in [1.82, 2.24) is 4.57 Å². The van der Waals surface area contributed by atoms with Gasteiger partial charge in [0.15, 0.2) is 0 Å². The van der Waals surface area contributed by atoms with Crippen molar-refractivity contribution < 1.29 is 9.69 Å². The summed E-state index contributed by atoms with van der Waals surface area (Å²) in [6.07, 6.45) is 1.13. The number of hydrogen-bond acceptors (Lipinski definition) is 2. The molecule has 2 aliphatic heterocycles. The molecule has 3 atom stereocenters. The molecule has 1 N–H and O–H groups in total. The largest absolute Gasteiger partial charge is 0.328 e. The zero-order valence-electron chi connectivity index (χ0n) is 13.4. The zero-order valence-corrected chi connectivity index (χ0v) is 14.1. The highest BCUT2D eigenvalue weighted by molar-refractivity contribution is 6.30. The van der Waals surface area contributed by atoms with Gasteiger partial charge in [0.2, 0.25) is 5.78 Å². The molecule has 2 aliphatic rings. The molecule has 3 heterocycles. The van der Waals surface area contributed by atoms with Crippen LogP contribution in [0.1, 0.15) is 28.4 Å². The quantitative estimate of drug-likeness (QED) is 0.856. The van der Waals surface area contributed by atoms with Crippen molar-refractivity contribution in [3.05, 3.63) is 69.1 Å². The second-order valence-electron chi connectivity index (χ2n) is 6.96. The van der Waals surface area contributed by atoms with Crippen LogP contribution in [0.25, 0.3) is 0 Å². The molecule has 0 radical (unpaired) electrons. The van der Waals surface area contributed by atoms with Gasteiger partial charge in [0.1, 0.15) is 6.54 Å². The third-order valence-corrected chi connectivity index (χ3v) is 5.50. The Morgan fingerprint density at radius 3 is 2.75 bits per heavy atom. The molecule has 1 unspecified atom stereocenters. The van der Waals surface area contributed by atoms with Crippen LogP contribution < -0.4 is 10.5 Å². The first-order chi connectivity index (χ1) is 11.6. The normalized spacial score (nSPS) is 25.1. The Hall–Kier alpha value is -1.91. The van der Waals surface area contributed by atoms with E-state index in [4.69, 9.17) is 11.6 Å². The fourth-order valence-electron chi connectivity index (χ4n) is 4.23. The molecule has 1 fully saturated rings. The summed E-state index contributed by atoms with van der Waals surface area (Å²) in [6, 6.07) is 12.7. The van der Waals surface area contributed by atoms with Gasteiger partial charge >= 0.3 is 0 Å². The van der Waals surface area contributed by atoms with Gasteiger partial charge in [-0.2, -0.15) is 0 Å². The highest BCUT2D eigenvalue weighted by atomic mass is 35.5. The fraction of sp³-hybridized carbons (Fsp3) is 0.368. The van der Waals surface area contributed by atoms with Crippen LogP contribution in [0.3, 0.4) is 0 Å². The molecular formula is C19H20ClN2O2+. The number of quaternary nitrogens is 1. The monoisotopic (exact) mass is 343 g/mol. The molecule has 124 valence electrons. The Morgan fingerprint density at radius 1 is 1.17 bits per heavy atom. The number of benzene rings is 1. The molecule has 1 aromatic carbocycles. The molecule has 0 spiro atoms. The second-order valence-corrected chi connectivity index (χ2v) is 7.40. The molecule has 2 aromatic rings. The van der Waals surface area contributed by atoms with E-state index in [0.717, 1.165) is 37.3 Å². The molecule has 0 aliphatic carbocycles. The van der Waals surface area contributed by atoms with E-state index in [9.17, 15) is 9.59 Å². The number of rotatable bonds is 3. The van der Waals surface area contributed by atoms with Crippen molar-refractivity contribution in [1.29, 1.82) is 0 Å². The lowest BCUT2D eigenvalue weighted by Crippen LogP contribution is -3.15. The number of aromatic nitrogens is 1. The molecule has 24 heavy (non-hydrogen) atoms. The molecule has 1 aromatic heterocycles. The molecule has 1 saturated heterocycles. The summed E-state index contributed by atoms with van der Waals surface area (Å²) >= 11 is 5.89. The van der Waals surface area contributed by atoms with Gasteiger partial charge in [0, 0.05) is 40.7 Å². The van der Waals surface area contributed by atoms with Gasteiger partial charge in [-0.15, -0.1) is 0 Å². The number of fused-ring (bicyclic) bond motifs is 4. The number of nitrogens with one attached hydrogen (secondary N) is 1. The second kappa shape index (κ2) is 6.19. The van der Waals surface area contributed by atoms with Crippen molar-refractivity contribution >= 4 is 17.4 Å². The number of likely N-dealkylation sites (tertiary alicyclic amines) is 1. The maximum atomic E-state index is 12.5. The number of carbonyl (C=O) groups is 1. The number of piperidine rings is 1. The lowest BCUT2D eigenvalue weighted by molar-refractivity contribution is -0.902. The summed E-state index contributed by atoms with van der Waals surface area (Å²) in [5, 5.41) is 0.647. The Labute approximate surface area is 145 Å². The summed E-state index contributed by atoms with van der Waals surface area (Å²) < 4.78 is 1.93. The van der Waals surface area contributed by atoms with E-state index < -0.39 is 0 Å². The minimum Gasteiger partial charge on any atom is -0.328 e. The highest BCUT2D eigenvalue weighted by Crippen LogP contribution is 2.29. The smallest absolute Gasteiger partial charge is 0.250 e. The van der Waals surface area contributed by atoms with Crippen LogP contribution in [0.15, 0.2) is 47.3 Å². The third-order valence-electron chi connectivity index (χ3n) is 5.25. The van der Waals surface area contributed by atoms with Crippen LogP contribution in [-0.4, -0.2) is 30.0 Å². The number of halogens is 1. The van der Waals surface area contributed by atoms with Crippen LogP contribution in [0.2, 0.25) is 5.02 Å². The summed E-state index contributed by atoms with van der Waals surface area (Å²) in [6.45, 7) is 3.16. The van der Waals surface area contributed by atoms with Gasteiger partial charge in [-0.25, -0.2) is 0 Å². The van der Waals surface area contributed by atoms with Gasteiger partial charge < -0.3 is 9.47 Å².